The van der Waals surface area contributed by atoms with Crippen LogP contribution in [-0.2, 0) is 10.3 Å². The molecule has 0 spiro atoms. The minimum Gasteiger partial charge on any atom is -0.320 e. The maximum atomic E-state index is 12.2. The van der Waals surface area contributed by atoms with Gasteiger partial charge in [-0.15, -0.1) is 11.3 Å². The zero-order chi connectivity index (χ0) is 11.5. The molecule has 0 radical (unpaired) electrons. The van der Waals surface area contributed by atoms with Gasteiger partial charge in [-0.2, -0.15) is 0 Å². The number of hydrogen-bond donors (Lipinski definition) is 0. The Labute approximate surface area is 98.1 Å². The van der Waals surface area contributed by atoms with Crippen molar-refractivity contribution in [1.29, 1.82) is 0 Å². The quantitative estimate of drug-likeness (QED) is 0.747. The number of carbonyl (C=O) groups is 2. The molecule has 3 heterocycles. The normalized spacial score (nSPS) is 27.8. The van der Waals surface area contributed by atoms with Crippen LogP contribution in [0.4, 0.5) is 0 Å². The smallest absolute Gasteiger partial charge is 0.256 e. The van der Waals surface area contributed by atoms with Gasteiger partial charge in [0.05, 0.1) is 17.6 Å². The van der Waals surface area contributed by atoms with E-state index in [0.717, 1.165) is 10.4 Å². The first-order valence-electron chi connectivity index (χ1n) is 5.49. The number of Topliss-reactive ketones (excluding diaryl/α,β-unsaturated/α-hetero) is 1. The fraction of sp³-hybridized carbons (Fsp3) is 0.500. The van der Waals surface area contributed by atoms with Crippen molar-refractivity contribution in [2.45, 2.75) is 25.8 Å². The Hall–Kier alpha value is -1.16. The number of rotatable bonds is 1. The van der Waals surface area contributed by atoms with Crippen LogP contribution in [0.25, 0.3) is 0 Å². The van der Waals surface area contributed by atoms with Gasteiger partial charge in [0.15, 0.2) is 5.78 Å². The second kappa shape index (κ2) is 2.94. The van der Waals surface area contributed by atoms with E-state index in [1.807, 2.05) is 11.4 Å². The molecule has 0 bridgehead atoms. The molecular formula is C12H13NO2S. The lowest BCUT2D eigenvalue weighted by atomic mass is 9.83. The van der Waals surface area contributed by atoms with Crippen molar-refractivity contribution in [3.8, 4) is 0 Å². The summed E-state index contributed by atoms with van der Waals surface area (Å²) in [6.45, 7) is 4.47. The highest BCUT2D eigenvalue weighted by atomic mass is 32.1. The standard InChI is InChI=1S/C12H13NO2S/c1-7(2)12-5-8(14)6-13(12)11(15)9-3-4-16-10(9)12/h3-4,7H,5-6H2,1-2H3. The Bertz CT molecular complexity index is 491. The van der Waals surface area contributed by atoms with E-state index in [4.69, 9.17) is 0 Å². The molecule has 3 nitrogen and oxygen atoms in total. The molecule has 1 aromatic rings. The first-order valence-corrected chi connectivity index (χ1v) is 6.37. The number of carbonyl (C=O) groups excluding carboxylic acids is 2. The third kappa shape index (κ3) is 0.937. The van der Waals surface area contributed by atoms with Gasteiger partial charge < -0.3 is 4.90 Å². The summed E-state index contributed by atoms with van der Waals surface area (Å²) in [6.07, 6.45) is 0.490. The molecule has 0 saturated carbocycles. The number of ketones is 1. The number of hydrogen-bond acceptors (Lipinski definition) is 3. The van der Waals surface area contributed by atoms with E-state index in [1.54, 1.807) is 16.2 Å². The first-order chi connectivity index (χ1) is 7.57. The van der Waals surface area contributed by atoms with Gasteiger partial charge in [-0.1, -0.05) is 13.8 Å². The molecule has 1 fully saturated rings. The number of amides is 1. The minimum atomic E-state index is -0.336. The average Bonchev–Trinajstić information content (AvgIpc) is 2.83. The molecular weight excluding hydrogens is 222 g/mol. The van der Waals surface area contributed by atoms with Crippen LogP contribution in [0.5, 0.6) is 0 Å². The topological polar surface area (TPSA) is 37.4 Å². The fourth-order valence-corrected chi connectivity index (χ4v) is 4.21. The summed E-state index contributed by atoms with van der Waals surface area (Å²) in [5.41, 5.74) is 0.476. The van der Waals surface area contributed by atoms with Gasteiger partial charge in [0, 0.05) is 11.3 Å². The predicted molar refractivity (Wildman–Crippen MR) is 61.5 cm³/mol. The second-order valence-corrected chi connectivity index (χ2v) is 5.77. The molecule has 3 rings (SSSR count). The Morgan fingerprint density at radius 2 is 2.19 bits per heavy atom. The van der Waals surface area contributed by atoms with E-state index >= 15 is 0 Å². The molecule has 1 unspecified atom stereocenters. The first kappa shape index (κ1) is 10.0. The maximum absolute atomic E-state index is 12.2. The van der Waals surface area contributed by atoms with E-state index < -0.39 is 0 Å². The van der Waals surface area contributed by atoms with Crippen LogP contribution < -0.4 is 0 Å². The molecule has 1 amide bonds. The van der Waals surface area contributed by atoms with Gasteiger partial charge in [-0.25, -0.2) is 0 Å². The average molecular weight is 235 g/mol. The van der Waals surface area contributed by atoms with Crippen molar-refractivity contribution in [2.24, 2.45) is 5.92 Å². The van der Waals surface area contributed by atoms with Crippen molar-refractivity contribution < 1.29 is 9.59 Å². The lowest BCUT2D eigenvalue weighted by molar-refractivity contribution is -0.117. The van der Waals surface area contributed by atoms with E-state index in [2.05, 4.69) is 13.8 Å². The summed E-state index contributed by atoms with van der Waals surface area (Å²) in [5.74, 6) is 0.500. The summed E-state index contributed by atoms with van der Waals surface area (Å²) >= 11 is 1.61. The number of nitrogens with zero attached hydrogens (tertiary/aromatic N) is 1. The van der Waals surface area contributed by atoms with Crippen LogP contribution in [0.3, 0.4) is 0 Å². The SMILES string of the molecule is CC(C)C12CC(=O)CN1C(=O)c1ccsc12. The predicted octanol–water partition coefficient (Wildman–Crippen LogP) is 2.03. The second-order valence-electron chi connectivity index (χ2n) is 4.85. The van der Waals surface area contributed by atoms with Crippen molar-refractivity contribution in [2.75, 3.05) is 6.54 Å². The molecule has 2 aliphatic heterocycles. The van der Waals surface area contributed by atoms with Gasteiger partial charge in [0.25, 0.3) is 5.91 Å². The van der Waals surface area contributed by atoms with Crippen molar-refractivity contribution >= 4 is 23.0 Å². The Kier molecular flexibility index (Phi) is 1.84. The van der Waals surface area contributed by atoms with Crippen molar-refractivity contribution in [1.82, 2.24) is 4.90 Å². The van der Waals surface area contributed by atoms with Crippen molar-refractivity contribution in [3.63, 3.8) is 0 Å². The summed E-state index contributed by atoms with van der Waals surface area (Å²) < 4.78 is 0. The lowest BCUT2D eigenvalue weighted by Gasteiger charge is -2.35. The Balaban J connectivity index is 2.25. The fourth-order valence-electron chi connectivity index (χ4n) is 2.96. The summed E-state index contributed by atoms with van der Waals surface area (Å²) in [7, 11) is 0. The van der Waals surface area contributed by atoms with E-state index in [-0.39, 0.29) is 23.1 Å². The van der Waals surface area contributed by atoms with E-state index in [1.165, 1.54) is 0 Å². The molecule has 1 atom stereocenters. The lowest BCUT2D eigenvalue weighted by Crippen LogP contribution is -2.42. The minimum absolute atomic E-state index is 0.0378. The Morgan fingerprint density at radius 3 is 2.88 bits per heavy atom. The monoisotopic (exact) mass is 235 g/mol. The molecule has 0 N–H and O–H groups in total. The van der Waals surface area contributed by atoms with Gasteiger partial charge in [-0.05, 0) is 17.4 Å². The highest BCUT2D eigenvalue weighted by Gasteiger charge is 2.57. The van der Waals surface area contributed by atoms with Gasteiger partial charge in [0.2, 0.25) is 0 Å². The van der Waals surface area contributed by atoms with Crippen molar-refractivity contribution in [3.05, 3.63) is 21.9 Å². The molecule has 4 heteroatoms. The number of thiophene rings is 1. The zero-order valence-corrected chi connectivity index (χ0v) is 10.1. The number of fused-ring (bicyclic) bond motifs is 3. The molecule has 2 aliphatic rings. The van der Waals surface area contributed by atoms with E-state index in [0.29, 0.717) is 13.0 Å². The third-order valence-corrected chi connectivity index (χ3v) is 4.85. The highest BCUT2D eigenvalue weighted by molar-refractivity contribution is 7.10. The van der Waals surface area contributed by atoms with Crippen LogP contribution in [0.15, 0.2) is 11.4 Å². The van der Waals surface area contributed by atoms with Gasteiger partial charge >= 0.3 is 0 Å². The molecule has 16 heavy (non-hydrogen) atoms. The van der Waals surface area contributed by atoms with Crippen LogP contribution in [-0.4, -0.2) is 23.1 Å². The van der Waals surface area contributed by atoms with Gasteiger partial charge in [0.1, 0.15) is 0 Å². The largest absolute Gasteiger partial charge is 0.320 e. The Morgan fingerprint density at radius 1 is 1.44 bits per heavy atom. The zero-order valence-electron chi connectivity index (χ0n) is 9.32. The summed E-state index contributed by atoms with van der Waals surface area (Å²) in [4.78, 5) is 26.7. The van der Waals surface area contributed by atoms with Crippen LogP contribution in [0.2, 0.25) is 0 Å². The maximum Gasteiger partial charge on any atom is 0.256 e. The van der Waals surface area contributed by atoms with Gasteiger partial charge in [-0.3, -0.25) is 9.59 Å². The third-order valence-electron chi connectivity index (χ3n) is 3.77. The molecule has 84 valence electrons. The van der Waals surface area contributed by atoms with E-state index in [9.17, 15) is 9.59 Å². The molecule has 1 saturated heterocycles. The highest BCUT2D eigenvalue weighted by Crippen LogP contribution is 2.52. The molecule has 0 aromatic carbocycles. The summed E-state index contributed by atoms with van der Waals surface area (Å²) in [5, 5.41) is 1.95. The van der Waals surface area contributed by atoms with Crippen LogP contribution in [0.1, 0.15) is 35.5 Å². The summed E-state index contributed by atoms with van der Waals surface area (Å²) in [6, 6.07) is 1.88. The molecule has 0 aliphatic carbocycles. The molecule has 1 aromatic heterocycles. The van der Waals surface area contributed by atoms with Crippen LogP contribution >= 0.6 is 11.3 Å². The van der Waals surface area contributed by atoms with Crippen LogP contribution in [0, 0.1) is 5.92 Å².